The van der Waals surface area contributed by atoms with Gasteiger partial charge in [-0.2, -0.15) is 0 Å². The maximum atomic E-state index is 13.9. The molecule has 0 fully saturated rings. The van der Waals surface area contributed by atoms with Crippen LogP contribution in [0.5, 0.6) is 5.75 Å². The number of benzene rings is 6. The van der Waals surface area contributed by atoms with Crippen molar-refractivity contribution in [1.82, 2.24) is 0 Å². The molecule has 0 aromatic heterocycles. The second-order valence-corrected chi connectivity index (χ2v) is 13.0. The van der Waals surface area contributed by atoms with E-state index in [1.807, 2.05) is 146 Å². The molecule has 0 unspecified atom stereocenters. The summed E-state index contributed by atoms with van der Waals surface area (Å²) in [4.78, 5) is 25.9. The number of rotatable bonds is 17. The second kappa shape index (κ2) is 18.6. The smallest absolute Gasteiger partial charge is 0.337 e. The predicted octanol–water partition coefficient (Wildman–Crippen LogP) is 8.71. The Bertz CT molecular complexity index is 1970. The van der Waals surface area contributed by atoms with E-state index in [-0.39, 0.29) is 26.2 Å². The van der Waals surface area contributed by atoms with Crippen LogP contribution in [0.1, 0.15) is 50.2 Å². The molecule has 0 saturated carbocycles. The van der Waals surface area contributed by atoms with E-state index in [0.717, 1.165) is 33.4 Å². The Hall–Kier alpha value is -6.02. The fourth-order valence-electron chi connectivity index (χ4n) is 6.54. The molecule has 6 rings (SSSR count). The number of aryl methyl sites for hydroxylation is 1. The Morgan fingerprint density at radius 3 is 1.74 bits per heavy atom. The van der Waals surface area contributed by atoms with E-state index in [9.17, 15) is 14.7 Å². The fourth-order valence-corrected chi connectivity index (χ4v) is 6.54. The number of methoxy groups -OCH3 is 1. The summed E-state index contributed by atoms with van der Waals surface area (Å²) in [5.41, 5.74) is 4.76. The third-order valence-electron chi connectivity index (χ3n) is 9.39. The lowest BCUT2D eigenvalue weighted by molar-refractivity contribution is -0.159. The Labute approximate surface area is 316 Å². The van der Waals surface area contributed by atoms with Gasteiger partial charge in [-0.15, -0.1) is 0 Å². The zero-order valence-corrected chi connectivity index (χ0v) is 30.3. The van der Waals surface area contributed by atoms with Crippen LogP contribution in [0.2, 0.25) is 0 Å². The molecule has 6 aromatic carbocycles. The summed E-state index contributed by atoms with van der Waals surface area (Å²) >= 11 is 0. The molecular weight excluding hydrogens is 677 g/mol. The SMILES string of the molecule is COC(=O)c1cccc(OCc2cccc(CC[C@@H](O)[C@H](COC(c3ccccc3)(c3ccccc3)c3ccccc3)C(=O)OCc3ccccc3)c2)c1. The van der Waals surface area contributed by atoms with Gasteiger partial charge in [-0.1, -0.05) is 152 Å². The summed E-state index contributed by atoms with van der Waals surface area (Å²) in [6.07, 6.45) is -0.292. The van der Waals surface area contributed by atoms with Gasteiger partial charge in [0.2, 0.25) is 0 Å². The summed E-state index contributed by atoms with van der Waals surface area (Å²) in [5.74, 6) is -1.41. The quantitative estimate of drug-likeness (QED) is 0.0745. The lowest BCUT2D eigenvalue weighted by Crippen LogP contribution is -2.40. The zero-order chi connectivity index (χ0) is 37.6. The number of ether oxygens (including phenoxy) is 4. The molecule has 274 valence electrons. The number of esters is 2. The highest BCUT2D eigenvalue weighted by atomic mass is 16.5. The third kappa shape index (κ3) is 9.50. The highest BCUT2D eigenvalue weighted by Crippen LogP contribution is 2.41. The van der Waals surface area contributed by atoms with Gasteiger partial charge in [-0.25, -0.2) is 4.79 Å². The van der Waals surface area contributed by atoms with Gasteiger partial charge in [0.15, 0.2) is 0 Å². The van der Waals surface area contributed by atoms with Crippen molar-refractivity contribution in [3.05, 3.63) is 209 Å². The van der Waals surface area contributed by atoms with E-state index in [0.29, 0.717) is 17.7 Å². The highest BCUT2D eigenvalue weighted by Gasteiger charge is 2.40. The fraction of sp³-hybridized carbons (Fsp3) is 0.191. The molecule has 7 heteroatoms. The summed E-state index contributed by atoms with van der Waals surface area (Å²) in [6.45, 7) is 0.254. The van der Waals surface area contributed by atoms with Crippen molar-refractivity contribution in [3.63, 3.8) is 0 Å². The van der Waals surface area contributed by atoms with Gasteiger partial charge in [-0.05, 0) is 64.4 Å². The number of carbonyl (C=O) groups excluding carboxylic acids is 2. The monoisotopic (exact) mass is 720 g/mol. The van der Waals surface area contributed by atoms with Crippen LogP contribution in [-0.2, 0) is 44.2 Å². The zero-order valence-electron chi connectivity index (χ0n) is 30.3. The Balaban J connectivity index is 1.23. The molecule has 1 N–H and O–H groups in total. The molecule has 0 heterocycles. The number of aliphatic hydroxyl groups is 1. The second-order valence-electron chi connectivity index (χ2n) is 13.0. The summed E-state index contributed by atoms with van der Waals surface area (Å²) in [5, 5.41) is 11.8. The Kier molecular flexibility index (Phi) is 13.0. The van der Waals surface area contributed by atoms with Crippen LogP contribution < -0.4 is 4.74 Å². The van der Waals surface area contributed by atoms with E-state index < -0.39 is 29.6 Å². The van der Waals surface area contributed by atoms with Crippen LogP contribution in [0.25, 0.3) is 0 Å². The first-order valence-corrected chi connectivity index (χ1v) is 18.0. The van der Waals surface area contributed by atoms with Gasteiger partial charge in [0.05, 0.1) is 25.4 Å². The van der Waals surface area contributed by atoms with Crippen LogP contribution in [-0.4, -0.2) is 36.9 Å². The largest absolute Gasteiger partial charge is 0.489 e. The lowest BCUT2D eigenvalue weighted by Gasteiger charge is -2.37. The maximum Gasteiger partial charge on any atom is 0.337 e. The molecule has 0 aliphatic heterocycles. The van der Waals surface area contributed by atoms with Gasteiger partial charge >= 0.3 is 11.9 Å². The lowest BCUT2D eigenvalue weighted by atomic mass is 9.80. The first-order valence-electron chi connectivity index (χ1n) is 18.0. The molecular formula is C47H44O7. The summed E-state index contributed by atoms with van der Waals surface area (Å²) < 4.78 is 23.7. The molecule has 0 bridgehead atoms. The van der Waals surface area contributed by atoms with Crippen molar-refractivity contribution < 1.29 is 33.6 Å². The van der Waals surface area contributed by atoms with Crippen LogP contribution >= 0.6 is 0 Å². The number of hydrogen-bond donors (Lipinski definition) is 1. The molecule has 0 saturated heterocycles. The van der Waals surface area contributed by atoms with Crippen LogP contribution in [0.4, 0.5) is 0 Å². The van der Waals surface area contributed by atoms with Crippen LogP contribution in [0, 0.1) is 5.92 Å². The van der Waals surface area contributed by atoms with Gasteiger partial charge in [0.25, 0.3) is 0 Å². The van der Waals surface area contributed by atoms with E-state index in [4.69, 9.17) is 18.9 Å². The average Bonchev–Trinajstić information content (AvgIpc) is 3.24. The topological polar surface area (TPSA) is 91.3 Å². The van der Waals surface area contributed by atoms with Crippen LogP contribution in [0.3, 0.4) is 0 Å². The van der Waals surface area contributed by atoms with E-state index in [2.05, 4.69) is 0 Å². The first-order chi connectivity index (χ1) is 26.5. The molecule has 0 aliphatic rings. The Morgan fingerprint density at radius 2 is 1.15 bits per heavy atom. The van der Waals surface area contributed by atoms with E-state index in [1.54, 1.807) is 24.3 Å². The van der Waals surface area contributed by atoms with E-state index >= 15 is 0 Å². The van der Waals surface area contributed by atoms with Gasteiger partial charge in [0, 0.05) is 0 Å². The van der Waals surface area contributed by atoms with Crippen LogP contribution in [0.15, 0.2) is 170 Å². The first kappa shape index (κ1) is 37.7. The van der Waals surface area contributed by atoms with Crippen molar-refractivity contribution in [2.24, 2.45) is 5.92 Å². The van der Waals surface area contributed by atoms with Gasteiger partial charge in [-0.3, -0.25) is 4.79 Å². The molecule has 0 radical (unpaired) electrons. The van der Waals surface area contributed by atoms with Crippen molar-refractivity contribution in [2.75, 3.05) is 13.7 Å². The van der Waals surface area contributed by atoms with Crippen molar-refractivity contribution in [1.29, 1.82) is 0 Å². The average molecular weight is 721 g/mol. The van der Waals surface area contributed by atoms with Crippen molar-refractivity contribution in [3.8, 4) is 5.75 Å². The number of hydrogen-bond acceptors (Lipinski definition) is 7. The molecule has 6 aromatic rings. The molecule has 2 atom stereocenters. The Morgan fingerprint density at radius 1 is 0.611 bits per heavy atom. The van der Waals surface area contributed by atoms with Crippen molar-refractivity contribution in [2.45, 2.75) is 37.8 Å². The summed E-state index contributed by atoms with van der Waals surface area (Å²) in [7, 11) is 1.34. The number of carbonyl (C=O) groups is 2. The third-order valence-corrected chi connectivity index (χ3v) is 9.39. The van der Waals surface area contributed by atoms with Crippen molar-refractivity contribution >= 4 is 11.9 Å². The molecule has 7 nitrogen and oxygen atoms in total. The summed E-state index contributed by atoms with van der Waals surface area (Å²) in [6, 6.07) is 54.1. The minimum Gasteiger partial charge on any atom is -0.489 e. The number of aliphatic hydroxyl groups excluding tert-OH is 1. The standard InChI is InChI=1S/C47H44O7/c1-51-45(49)38-20-15-27-42(31-38)52-33-37-19-14-18-35(30-37)28-29-44(48)43(46(50)53-32-36-16-6-2-7-17-36)34-54-47(39-21-8-3-9-22-39,40-23-10-4-11-24-40)41-25-12-5-13-26-41/h2-27,30-31,43-44,48H,28-29,32-34H2,1H3/t43-,44+/m0/s1. The maximum absolute atomic E-state index is 13.9. The highest BCUT2D eigenvalue weighted by molar-refractivity contribution is 5.89. The van der Waals surface area contributed by atoms with E-state index in [1.165, 1.54) is 7.11 Å². The van der Waals surface area contributed by atoms with Gasteiger partial charge in [0.1, 0.15) is 30.5 Å². The molecule has 54 heavy (non-hydrogen) atoms. The minimum absolute atomic E-state index is 0.0780. The normalized spacial score (nSPS) is 12.3. The predicted molar refractivity (Wildman–Crippen MR) is 208 cm³/mol. The molecule has 0 amide bonds. The minimum atomic E-state index is -1.08. The molecule has 0 spiro atoms. The molecule has 0 aliphatic carbocycles. The van der Waals surface area contributed by atoms with Gasteiger partial charge < -0.3 is 24.1 Å².